The molecule has 0 aliphatic heterocycles. The largest absolute Gasteiger partial charge is 0.497 e. The van der Waals surface area contributed by atoms with Gasteiger partial charge in [0.15, 0.2) is 0 Å². The van der Waals surface area contributed by atoms with Gasteiger partial charge in [-0.3, -0.25) is 9.59 Å². The van der Waals surface area contributed by atoms with Gasteiger partial charge in [0.1, 0.15) is 17.6 Å². The number of amides is 1. The molecule has 0 spiro atoms. The number of halogens is 1. The zero-order valence-corrected chi connectivity index (χ0v) is 14.8. The van der Waals surface area contributed by atoms with Crippen LogP contribution in [0.25, 0.3) is 11.3 Å². The number of hydrogen-bond acceptors (Lipinski definition) is 4. The second kappa shape index (κ2) is 7.82. The van der Waals surface area contributed by atoms with Crippen LogP contribution in [0.2, 0.25) is 0 Å². The Balaban J connectivity index is 1.89. The fraction of sp³-hybridized carbons (Fsp3) is 0.150. The number of carbonyl (C=O) groups excluding carboxylic acids is 1. The van der Waals surface area contributed by atoms with Gasteiger partial charge >= 0.3 is 0 Å². The highest BCUT2D eigenvalue weighted by atomic mass is 19.1. The van der Waals surface area contributed by atoms with Crippen molar-refractivity contribution in [1.82, 2.24) is 9.78 Å². The second-order valence-electron chi connectivity index (χ2n) is 5.91. The van der Waals surface area contributed by atoms with E-state index < -0.39 is 23.3 Å². The van der Waals surface area contributed by atoms with E-state index in [0.717, 1.165) is 10.2 Å². The molecule has 0 bridgehead atoms. The molecule has 0 aliphatic rings. The first kappa shape index (κ1) is 18.3. The van der Waals surface area contributed by atoms with Crippen molar-refractivity contribution in [3.8, 4) is 17.0 Å². The maximum absolute atomic E-state index is 13.3. The molecule has 0 unspecified atom stereocenters. The van der Waals surface area contributed by atoms with Crippen LogP contribution in [0.3, 0.4) is 0 Å². The normalized spacial score (nSPS) is 11.7. The van der Waals surface area contributed by atoms with Crippen molar-refractivity contribution in [2.45, 2.75) is 13.0 Å². The lowest BCUT2D eigenvalue weighted by Crippen LogP contribution is -2.33. The SMILES string of the molecule is COc1cccc(-c2ccc(=O)n([C@H](C)C(=O)Nc3cccc(F)c3)n2)c1. The highest BCUT2D eigenvalue weighted by Gasteiger charge is 2.18. The van der Waals surface area contributed by atoms with Crippen LogP contribution in [-0.2, 0) is 4.79 Å². The number of anilines is 1. The molecule has 7 heteroatoms. The molecule has 0 aliphatic carbocycles. The van der Waals surface area contributed by atoms with E-state index in [1.54, 1.807) is 38.3 Å². The molecule has 1 heterocycles. The molecule has 1 amide bonds. The number of nitrogens with one attached hydrogen (secondary N) is 1. The monoisotopic (exact) mass is 367 g/mol. The minimum atomic E-state index is -0.883. The summed E-state index contributed by atoms with van der Waals surface area (Å²) in [6.07, 6.45) is 0. The number of hydrogen-bond donors (Lipinski definition) is 1. The smallest absolute Gasteiger partial charge is 0.267 e. The summed E-state index contributed by atoms with van der Waals surface area (Å²) in [7, 11) is 1.56. The molecule has 2 aromatic carbocycles. The molecular weight excluding hydrogens is 349 g/mol. The maximum atomic E-state index is 13.3. The zero-order valence-electron chi connectivity index (χ0n) is 14.8. The first-order valence-corrected chi connectivity index (χ1v) is 8.28. The summed E-state index contributed by atoms with van der Waals surface area (Å²) in [5, 5.41) is 6.90. The average Bonchev–Trinajstić information content (AvgIpc) is 2.68. The molecule has 6 nitrogen and oxygen atoms in total. The van der Waals surface area contributed by atoms with E-state index in [1.807, 2.05) is 12.1 Å². The molecular formula is C20H18FN3O3. The zero-order chi connectivity index (χ0) is 19.4. The molecule has 1 atom stereocenters. The molecule has 0 fully saturated rings. The molecule has 0 radical (unpaired) electrons. The molecule has 138 valence electrons. The van der Waals surface area contributed by atoms with Gasteiger partial charge in [-0.15, -0.1) is 0 Å². The molecule has 0 saturated heterocycles. The van der Waals surface area contributed by atoms with Gasteiger partial charge < -0.3 is 10.1 Å². The molecule has 3 aromatic rings. The summed E-state index contributed by atoms with van der Waals surface area (Å²) in [5.41, 5.74) is 1.17. The van der Waals surface area contributed by atoms with Crippen molar-refractivity contribution < 1.29 is 13.9 Å². The van der Waals surface area contributed by atoms with Gasteiger partial charge in [-0.1, -0.05) is 18.2 Å². The lowest BCUT2D eigenvalue weighted by Gasteiger charge is -2.15. The lowest BCUT2D eigenvalue weighted by molar-refractivity contribution is -0.119. The van der Waals surface area contributed by atoms with E-state index in [-0.39, 0.29) is 0 Å². The third-order valence-electron chi connectivity index (χ3n) is 4.03. The number of nitrogens with zero attached hydrogens (tertiary/aromatic N) is 2. The predicted molar refractivity (Wildman–Crippen MR) is 100 cm³/mol. The minimum absolute atomic E-state index is 0.309. The van der Waals surface area contributed by atoms with Crippen molar-refractivity contribution in [3.05, 3.63) is 76.8 Å². The Bertz CT molecular complexity index is 1030. The van der Waals surface area contributed by atoms with Gasteiger partial charge in [0.25, 0.3) is 5.56 Å². The van der Waals surface area contributed by atoms with Gasteiger partial charge in [0.05, 0.1) is 12.8 Å². The summed E-state index contributed by atoms with van der Waals surface area (Å²) >= 11 is 0. The van der Waals surface area contributed by atoms with Gasteiger partial charge in [-0.05, 0) is 43.3 Å². The van der Waals surface area contributed by atoms with Crippen molar-refractivity contribution in [2.75, 3.05) is 12.4 Å². The molecule has 1 N–H and O–H groups in total. The van der Waals surface area contributed by atoms with Crippen LogP contribution in [0.5, 0.6) is 5.75 Å². The summed E-state index contributed by atoms with van der Waals surface area (Å²) in [5.74, 6) is -0.280. The minimum Gasteiger partial charge on any atom is -0.497 e. The quantitative estimate of drug-likeness (QED) is 0.751. The number of benzene rings is 2. The van der Waals surface area contributed by atoms with Gasteiger partial charge in [0.2, 0.25) is 5.91 Å². The fourth-order valence-electron chi connectivity index (χ4n) is 2.56. The van der Waals surface area contributed by atoms with E-state index in [2.05, 4.69) is 10.4 Å². The summed E-state index contributed by atoms with van der Waals surface area (Å²) in [6.45, 7) is 1.55. The summed E-state index contributed by atoms with van der Waals surface area (Å²) in [6, 6.07) is 14.8. The van der Waals surface area contributed by atoms with Crippen LogP contribution in [0.15, 0.2) is 65.5 Å². The Labute approximate surface area is 155 Å². The molecule has 27 heavy (non-hydrogen) atoms. The molecule has 3 rings (SSSR count). The van der Waals surface area contributed by atoms with Crippen LogP contribution >= 0.6 is 0 Å². The third kappa shape index (κ3) is 4.20. The number of aromatic nitrogens is 2. The van der Waals surface area contributed by atoms with Crippen molar-refractivity contribution in [1.29, 1.82) is 0 Å². The number of carbonyl (C=O) groups is 1. The van der Waals surface area contributed by atoms with Crippen LogP contribution in [0.1, 0.15) is 13.0 Å². The third-order valence-corrected chi connectivity index (χ3v) is 4.03. The summed E-state index contributed by atoms with van der Waals surface area (Å²) in [4.78, 5) is 24.7. The highest BCUT2D eigenvalue weighted by Crippen LogP contribution is 2.21. The van der Waals surface area contributed by atoms with E-state index in [1.165, 1.54) is 24.3 Å². The Morgan fingerprint density at radius 2 is 1.93 bits per heavy atom. The highest BCUT2D eigenvalue weighted by molar-refractivity contribution is 5.93. The second-order valence-corrected chi connectivity index (χ2v) is 5.91. The first-order chi connectivity index (χ1) is 13.0. The predicted octanol–water partition coefficient (Wildman–Crippen LogP) is 3.26. The van der Waals surface area contributed by atoms with E-state index >= 15 is 0 Å². The van der Waals surface area contributed by atoms with Crippen molar-refractivity contribution in [2.24, 2.45) is 0 Å². The van der Waals surface area contributed by atoms with Crippen molar-refractivity contribution in [3.63, 3.8) is 0 Å². The Morgan fingerprint density at radius 3 is 2.67 bits per heavy atom. The van der Waals surface area contributed by atoms with Crippen LogP contribution in [-0.4, -0.2) is 22.8 Å². The topological polar surface area (TPSA) is 73.2 Å². The Kier molecular flexibility index (Phi) is 5.30. The average molecular weight is 367 g/mol. The molecule has 0 saturated carbocycles. The van der Waals surface area contributed by atoms with Gasteiger partial charge in [0, 0.05) is 17.3 Å². The van der Waals surface area contributed by atoms with Crippen LogP contribution in [0.4, 0.5) is 10.1 Å². The molecule has 1 aromatic heterocycles. The van der Waals surface area contributed by atoms with E-state index in [4.69, 9.17) is 4.74 Å². The standard InChI is InChI=1S/C20H18FN3O3/c1-13(20(26)22-16-7-4-6-15(21)12-16)24-19(25)10-9-18(23-24)14-5-3-8-17(11-14)27-2/h3-13H,1-2H3,(H,22,26)/t13-/m1/s1. The van der Waals surface area contributed by atoms with Gasteiger partial charge in [-0.2, -0.15) is 5.10 Å². The van der Waals surface area contributed by atoms with E-state index in [0.29, 0.717) is 17.1 Å². The lowest BCUT2D eigenvalue weighted by atomic mass is 10.1. The number of ether oxygens (including phenoxy) is 1. The van der Waals surface area contributed by atoms with Gasteiger partial charge in [-0.25, -0.2) is 9.07 Å². The Morgan fingerprint density at radius 1 is 1.15 bits per heavy atom. The number of methoxy groups -OCH3 is 1. The van der Waals surface area contributed by atoms with Crippen molar-refractivity contribution >= 4 is 11.6 Å². The Hall–Kier alpha value is -3.48. The maximum Gasteiger partial charge on any atom is 0.267 e. The summed E-state index contributed by atoms with van der Waals surface area (Å²) < 4.78 is 19.6. The van der Waals surface area contributed by atoms with Crippen LogP contribution < -0.4 is 15.6 Å². The fourth-order valence-corrected chi connectivity index (χ4v) is 2.56. The first-order valence-electron chi connectivity index (χ1n) is 8.28. The van der Waals surface area contributed by atoms with E-state index in [9.17, 15) is 14.0 Å². The number of rotatable bonds is 5. The van der Waals surface area contributed by atoms with Crippen LogP contribution in [0, 0.1) is 5.82 Å².